The van der Waals surface area contributed by atoms with Crippen LogP contribution in [0.5, 0.6) is 5.75 Å². The maximum absolute atomic E-state index is 5.32. The Hall–Kier alpha value is -0.580. The van der Waals surface area contributed by atoms with Crippen molar-refractivity contribution in [3.63, 3.8) is 0 Å². The van der Waals surface area contributed by atoms with Gasteiger partial charge < -0.3 is 10.1 Å². The highest BCUT2D eigenvalue weighted by Gasteiger charge is 2.22. The van der Waals surface area contributed by atoms with E-state index in [4.69, 9.17) is 4.74 Å². The monoisotopic (exact) mass is 326 g/mol. The molecule has 1 aromatic carbocycles. The average Bonchev–Trinajstić information content (AvgIpc) is 2.43. The first-order valence-electron chi connectivity index (χ1n) is 7.01. The number of piperazine rings is 1. The topological polar surface area (TPSA) is 24.5 Å². The fraction of sp³-hybridized carbons (Fsp3) is 0.600. The molecule has 1 aromatic rings. The largest absolute Gasteiger partial charge is 0.497 e. The summed E-state index contributed by atoms with van der Waals surface area (Å²) in [6.07, 6.45) is 2.50. The van der Waals surface area contributed by atoms with Gasteiger partial charge in [0.15, 0.2) is 0 Å². The summed E-state index contributed by atoms with van der Waals surface area (Å²) in [5.74, 6) is 0.931. The Bertz CT molecular complexity index is 409. The maximum atomic E-state index is 5.32. The zero-order chi connectivity index (χ0) is 13.7. The van der Waals surface area contributed by atoms with Gasteiger partial charge in [0.1, 0.15) is 5.75 Å². The van der Waals surface area contributed by atoms with Gasteiger partial charge in [-0.1, -0.05) is 29.3 Å². The molecule has 19 heavy (non-hydrogen) atoms. The van der Waals surface area contributed by atoms with Crippen LogP contribution < -0.4 is 10.1 Å². The molecule has 1 fully saturated rings. The first-order valence-corrected chi connectivity index (χ1v) is 7.81. The molecule has 1 aliphatic rings. The van der Waals surface area contributed by atoms with E-state index in [1.807, 2.05) is 6.07 Å². The predicted octanol–water partition coefficient (Wildman–Crippen LogP) is 3.03. The third kappa shape index (κ3) is 3.94. The molecule has 0 amide bonds. The van der Waals surface area contributed by atoms with E-state index in [0.717, 1.165) is 31.9 Å². The molecular formula is C15H23BrN2O. The minimum absolute atomic E-state index is 0.650. The number of nitrogens with zero attached hydrogens (tertiary/aromatic N) is 1. The van der Waals surface area contributed by atoms with E-state index < -0.39 is 0 Å². The fourth-order valence-electron chi connectivity index (χ4n) is 2.65. The van der Waals surface area contributed by atoms with Crippen molar-refractivity contribution in [1.82, 2.24) is 10.2 Å². The lowest BCUT2D eigenvalue weighted by molar-refractivity contribution is 0.144. The number of methoxy groups -OCH3 is 1. The van der Waals surface area contributed by atoms with Crippen LogP contribution in [0.4, 0.5) is 0 Å². The summed E-state index contributed by atoms with van der Waals surface area (Å²) in [6.45, 7) is 6.56. The first-order chi connectivity index (χ1) is 9.24. The second-order valence-corrected chi connectivity index (χ2v) is 5.93. The smallest absolute Gasteiger partial charge is 0.119 e. The first kappa shape index (κ1) is 14.8. The van der Waals surface area contributed by atoms with E-state index in [1.165, 1.54) is 22.9 Å². The summed E-state index contributed by atoms with van der Waals surface area (Å²) in [5, 5.41) is 3.49. The van der Waals surface area contributed by atoms with Crippen molar-refractivity contribution in [2.24, 2.45) is 0 Å². The third-order valence-electron chi connectivity index (χ3n) is 3.72. The number of halogens is 1. The van der Waals surface area contributed by atoms with Gasteiger partial charge in [0.05, 0.1) is 7.11 Å². The van der Waals surface area contributed by atoms with Crippen LogP contribution in [0.15, 0.2) is 22.7 Å². The molecule has 2 rings (SSSR count). The summed E-state index contributed by atoms with van der Waals surface area (Å²) in [5.41, 5.74) is 1.31. The minimum atomic E-state index is 0.650. The molecule has 1 atom stereocenters. The van der Waals surface area contributed by atoms with Crippen LogP contribution >= 0.6 is 15.9 Å². The third-order valence-corrected chi connectivity index (χ3v) is 4.49. The Morgan fingerprint density at radius 3 is 3.05 bits per heavy atom. The number of rotatable bonds is 5. The summed E-state index contributed by atoms with van der Waals surface area (Å²) >= 11 is 3.65. The molecule has 0 spiro atoms. The maximum Gasteiger partial charge on any atom is 0.119 e. The van der Waals surface area contributed by atoms with Crippen molar-refractivity contribution in [3.8, 4) is 5.75 Å². The van der Waals surface area contributed by atoms with Gasteiger partial charge in [-0.3, -0.25) is 4.90 Å². The summed E-state index contributed by atoms with van der Waals surface area (Å²) < 4.78 is 6.49. The molecule has 0 radical (unpaired) electrons. The van der Waals surface area contributed by atoms with E-state index >= 15 is 0 Å². The molecule has 1 unspecified atom stereocenters. The molecule has 106 valence electrons. The molecule has 4 heteroatoms. The van der Waals surface area contributed by atoms with Crippen LogP contribution in [0.25, 0.3) is 0 Å². The van der Waals surface area contributed by atoms with Crippen LogP contribution in [-0.4, -0.2) is 37.7 Å². The Balaban J connectivity index is 2.09. The second-order valence-electron chi connectivity index (χ2n) is 5.07. The quantitative estimate of drug-likeness (QED) is 0.900. The molecule has 1 saturated heterocycles. The Kier molecular flexibility index (Phi) is 5.67. The van der Waals surface area contributed by atoms with Crippen molar-refractivity contribution >= 4 is 15.9 Å². The lowest BCUT2D eigenvalue weighted by Gasteiger charge is -2.36. The van der Waals surface area contributed by atoms with Crippen molar-refractivity contribution in [2.45, 2.75) is 32.4 Å². The number of benzene rings is 1. The van der Waals surface area contributed by atoms with Gasteiger partial charge in [-0.2, -0.15) is 0 Å². The highest BCUT2D eigenvalue weighted by molar-refractivity contribution is 9.10. The molecule has 0 saturated carbocycles. The van der Waals surface area contributed by atoms with Crippen molar-refractivity contribution < 1.29 is 4.74 Å². The van der Waals surface area contributed by atoms with Gasteiger partial charge in [0.2, 0.25) is 0 Å². The van der Waals surface area contributed by atoms with Crippen LogP contribution in [0.1, 0.15) is 25.3 Å². The SMILES string of the molecule is CCCC1CNCCN1Cc1cc(OC)ccc1Br. The summed E-state index contributed by atoms with van der Waals surface area (Å²) in [7, 11) is 1.72. The Morgan fingerprint density at radius 2 is 2.32 bits per heavy atom. The van der Waals surface area contributed by atoms with Crippen LogP contribution in [0, 0.1) is 0 Å². The van der Waals surface area contributed by atoms with E-state index in [1.54, 1.807) is 7.11 Å². The zero-order valence-corrected chi connectivity index (χ0v) is 13.4. The lowest BCUT2D eigenvalue weighted by Crippen LogP contribution is -2.50. The van der Waals surface area contributed by atoms with E-state index in [9.17, 15) is 0 Å². The molecule has 0 bridgehead atoms. The molecular weight excluding hydrogens is 304 g/mol. The van der Waals surface area contributed by atoms with Crippen LogP contribution in [0.3, 0.4) is 0 Å². The lowest BCUT2D eigenvalue weighted by atomic mass is 10.1. The highest BCUT2D eigenvalue weighted by Crippen LogP contribution is 2.25. The average molecular weight is 327 g/mol. The zero-order valence-electron chi connectivity index (χ0n) is 11.8. The highest BCUT2D eigenvalue weighted by atomic mass is 79.9. The fourth-order valence-corrected chi connectivity index (χ4v) is 3.02. The normalized spacial score (nSPS) is 20.5. The van der Waals surface area contributed by atoms with Gasteiger partial charge >= 0.3 is 0 Å². The number of nitrogens with one attached hydrogen (secondary N) is 1. The molecule has 0 aliphatic carbocycles. The van der Waals surface area contributed by atoms with Crippen LogP contribution in [-0.2, 0) is 6.54 Å². The van der Waals surface area contributed by atoms with Gasteiger partial charge in [0.25, 0.3) is 0 Å². The molecule has 1 N–H and O–H groups in total. The van der Waals surface area contributed by atoms with Crippen molar-refractivity contribution in [2.75, 3.05) is 26.7 Å². The molecule has 1 heterocycles. The second kappa shape index (κ2) is 7.27. The van der Waals surface area contributed by atoms with Gasteiger partial charge in [-0.25, -0.2) is 0 Å². The van der Waals surface area contributed by atoms with E-state index in [-0.39, 0.29) is 0 Å². The molecule has 1 aliphatic heterocycles. The number of hydrogen-bond donors (Lipinski definition) is 1. The predicted molar refractivity (Wildman–Crippen MR) is 82.7 cm³/mol. The number of ether oxygens (including phenoxy) is 1. The molecule has 0 aromatic heterocycles. The van der Waals surface area contributed by atoms with E-state index in [2.05, 4.69) is 45.2 Å². The Morgan fingerprint density at radius 1 is 1.47 bits per heavy atom. The van der Waals surface area contributed by atoms with E-state index in [0.29, 0.717) is 6.04 Å². The molecule has 3 nitrogen and oxygen atoms in total. The van der Waals surface area contributed by atoms with Crippen molar-refractivity contribution in [3.05, 3.63) is 28.2 Å². The standard InChI is InChI=1S/C15H23BrN2O/c1-3-4-13-10-17-7-8-18(13)11-12-9-14(19-2)5-6-15(12)16/h5-6,9,13,17H,3-4,7-8,10-11H2,1-2H3. The van der Waals surface area contributed by atoms with Crippen LogP contribution in [0.2, 0.25) is 0 Å². The van der Waals surface area contributed by atoms with Crippen molar-refractivity contribution in [1.29, 1.82) is 0 Å². The van der Waals surface area contributed by atoms with Gasteiger partial charge in [-0.15, -0.1) is 0 Å². The van der Waals surface area contributed by atoms with Gasteiger partial charge in [0, 0.05) is 36.7 Å². The summed E-state index contributed by atoms with van der Waals surface area (Å²) in [4.78, 5) is 2.58. The number of hydrogen-bond acceptors (Lipinski definition) is 3. The van der Waals surface area contributed by atoms with Gasteiger partial charge in [-0.05, 0) is 30.2 Å². The Labute approximate surface area is 124 Å². The minimum Gasteiger partial charge on any atom is -0.497 e. The summed E-state index contributed by atoms with van der Waals surface area (Å²) in [6, 6.07) is 6.85.